The lowest BCUT2D eigenvalue weighted by molar-refractivity contribution is -0.108. The highest BCUT2D eigenvalue weighted by Gasteiger charge is 2.08. The van der Waals surface area contributed by atoms with Gasteiger partial charge in [-0.25, -0.2) is 4.79 Å². The molecule has 1 aromatic carbocycles. The summed E-state index contributed by atoms with van der Waals surface area (Å²) in [4.78, 5) is 21.5. The quantitative estimate of drug-likeness (QED) is 0.707. The topological polar surface area (TPSA) is 52.2 Å². The van der Waals surface area contributed by atoms with Gasteiger partial charge in [-0.3, -0.25) is 4.57 Å². The maximum Gasteiger partial charge on any atom is 0.420 e. The van der Waals surface area contributed by atoms with Crippen molar-refractivity contribution >= 4 is 29.0 Å². The standard InChI is InChI=1S/C9H6ClNO3/c10-6-1-2-7-8(5-6)14-9(13)11(7)3-4-12/h1-2,4-5H,3H2. The van der Waals surface area contributed by atoms with E-state index in [0.29, 0.717) is 22.4 Å². The van der Waals surface area contributed by atoms with Crippen LogP contribution in [-0.2, 0) is 11.3 Å². The van der Waals surface area contributed by atoms with E-state index < -0.39 is 5.76 Å². The molecule has 2 rings (SSSR count). The van der Waals surface area contributed by atoms with E-state index in [9.17, 15) is 9.59 Å². The number of carbonyl (C=O) groups excluding carboxylic acids is 1. The first-order valence-electron chi connectivity index (χ1n) is 3.95. The molecular formula is C9H6ClNO3. The van der Waals surface area contributed by atoms with Crippen LogP contribution in [0.3, 0.4) is 0 Å². The summed E-state index contributed by atoms with van der Waals surface area (Å²) in [6.07, 6.45) is 0.644. The monoisotopic (exact) mass is 211 g/mol. The van der Waals surface area contributed by atoms with E-state index in [2.05, 4.69) is 0 Å². The molecule has 0 aliphatic carbocycles. The number of rotatable bonds is 2. The van der Waals surface area contributed by atoms with Gasteiger partial charge < -0.3 is 9.21 Å². The molecule has 5 heteroatoms. The van der Waals surface area contributed by atoms with Crippen LogP contribution in [0.15, 0.2) is 27.4 Å². The lowest BCUT2D eigenvalue weighted by Crippen LogP contribution is -2.14. The summed E-state index contributed by atoms with van der Waals surface area (Å²) >= 11 is 5.72. The van der Waals surface area contributed by atoms with E-state index in [-0.39, 0.29) is 6.54 Å². The zero-order chi connectivity index (χ0) is 10.1. The zero-order valence-electron chi connectivity index (χ0n) is 7.07. The Labute approximate surface area is 83.7 Å². The third-order valence-corrected chi connectivity index (χ3v) is 2.12. The molecule has 0 radical (unpaired) electrons. The lowest BCUT2D eigenvalue weighted by atomic mass is 10.3. The minimum Gasteiger partial charge on any atom is -0.408 e. The Balaban J connectivity index is 2.76. The number of hydrogen-bond acceptors (Lipinski definition) is 3. The predicted octanol–water partition coefficient (Wildman–Crippen LogP) is 1.45. The van der Waals surface area contributed by atoms with Crippen molar-refractivity contribution in [2.24, 2.45) is 0 Å². The third kappa shape index (κ3) is 1.33. The molecule has 4 nitrogen and oxygen atoms in total. The van der Waals surface area contributed by atoms with Crippen LogP contribution in [0.1, 0.15) is 0 Å². The summed E-state index contributed by atoms with van der Waals surface area (Å²) in [5.74, 6) is -0.547. The van der Waals surface area contributed by atoms with E-state index in [1.165, 1.54) is 4.57 Å². The number of nitrogens with zero attached hydrogens (tertiary/aromatic N) is 1. The number of halogens is 1. The summed E-state index contributed by atoms with van der Waals surface area (Å²) in [6, 6.07) is 4.83. The Morgan fingerprint density at radius 3 is 3.00 bits per heavy atom. The van der Waals surface area contributed by atoms with Crippen molar-refractivity contribution in [3.8, 4) is 0 Å². The fourth-order valence-electron chi connectivity index (χ4n) is 1.29. The van der Waals surface area contributed by atoms with E-state index in [1.807, 2.05) is 0 Å². The normalized spacial score (nSPS) is 10.6. The highest BCUT2D eigenvalue weighted by Crippen LogP contribution is 2.17. The van der Waals surface area contributed by atoms with Crippen LogP contribution in [0.4, 0.5) is 0 Å². The number of benzene rings is 1. The average molecular weight is 212 g/mol. The van der Waals surface area contributed by atoms with Crippen LogP contribution >= 0.6 is 11.6 Å². The van der Waals surface area contributed by atoms with Gasteiger partial charge in [-0.15, -0.1) is 0 Å². The second-order valence-corrected chi connectivity index (χ2v) is 3.19. The Bertz CT molecular complexity index is 540. The van der Waals surface area contributed by atoms with Gasteiger partial charge in [0.05, 0.1) is 12.1 Å². The van der Waals surface area contributed by atoms with Gasteiger partial charge in [-0.2, -0.15) is 0 Å². The molecule has 0 spiro atoms. The highest BCUT2D eigenvalue weighted by molar-refractivity contribution is 6.31. The molecule has 0 unspecified atom stereocenters. The van der Waals surface area contributed by atoms with E-state index >= 15 is 0 Å². The summed E-state index contributed by atoms with van der Waals surface area (Å²) in [5.41, 5.74) is 0.968. The number of hydrogen-bond donors (Lipinski definition) is 0. The molecule has 0 atom stereocenters. The van der Waals surface area contributed by atoms with Gasteiger partial charge >= 0.3 is 5.76 Å². The second kappa shape index (κ2) is 3.31. The number of aldehydes is 1. The van der Waals surface area contributed by atoms with E-state index in [4.69, 9.17) is 16.0 Å². The third-order valence-electron chi connectivity index (χ3n) is 1.89. The largest absolute Gasteiger partial charge is 0.420 e. The molecule has 1 aromatic heterocycles. The molecule has 1 heterocycles. The SMILES string of the molecule is O=CCn1c(=O)oc2cc(Cl)ccc21. The van der Waals surface area contributed by atoms with Crippen LogP contribution in [0, 0.1) is 0 Å². The molecule has 0 bridgehead atoms. The second-order valence-electron chi connectivity index (χ2n) is 2.76. The molecule has 0 fully saturated rings. The van der Waals surface area contributed by atoms with Gasteiger partial charge in [0.2, 0.25) is 0 Å². The van der Waals surface area contributed by atoms with Gasteiger partial charge in [0.1, 0.15) is 6.29 Å². The first-order chi connectivity index (χ1) is 6.72. The summed E-state index contributed by atoms with van der Waals surface area (Å²) < 4.78 is 6.15. The van der Waals surface area contributed by atoms with Crippen molar-refractivity contribution in [3.05, 3.63) is 33.8 Å². The van der Waals surface area contributed by atoms with Crippen molar-refractivity contribution in [2.75, 3.05) is 0 Å². The molecule has 0 amide bonds. The molecule has 0 N–H and O–H groups in total. The van der Waals surface area contributed by atoms with Crippen molar-refractivity contribution in [3.63, 3.8) is 0 Å². The van der Waals surface area contributed by atoms with Gasteiger partial charge in [-0.05, 0) is 12.1 Å². The van der Waals surface area contributed by atoms with Crippen molar-refractivity contribution in [2.45, 2.75) is 6.54 Å². The molecule has 0 aliphatic rings. The molecule has 0 aliphatic heterocycles. The van der Waals surface area contributed by atoms with Crippen molar-refractivity contribution in [1.82, 2.24) is 4.57 Å². The summed E-state index contributed by atoms with van der Waals surface area (Å²) in [6.45, 7) is -0.00648. The minimum atomic E-state index is -0.547. The maximum atomic E-state index is 11.2. The van der Waals surface area contributed by atoms with Crippen LogP contribution < -0.4 is 5.76 Å². The molecule has 72 valence electrons. The minimum absolute atomic E-state index is 0.00648. The van der Waals surface area contributed by atoms with E-state index in [0.717, 1.165) is 0 Å². The zero-order valence-corrected chi connectivity index (χ0v) is 7.82. The van der Waals surface area contributed by atoms with Crippen molar-refractivity contribution in [1.29, 1.82) is 0 Å². The Hall–Kier alpha value is -1.55. The van der Waals surface area contributed by atoms with Gasteiger partial charge in [0.15, 0.2) is 5.58 Å². The van der Waals surface area contributed by atoms with E-state index in [1.54, 1.807) is 18.2 Å². The van der Waals surface area contributed by atoms with Crippen LogP contribution in [0.5, 0.6) is 0 Å². The maximum absolute atomic E-state index is 11.2. The van der Waals surface area contributed by atoms with Crippen LogP contribution in [0.25, 0.3) is 11.1 Å². The number of carbonyl (C=O) groups is 1. The van der Waals surface area contributed by atoms with Gasteiger partial charge in [-0.1, -0.05) is 11.6 Å². The Morgan fingerprint density at radius 2 is 2.29 bits per heavy atom. The highest BCUT2D eigenvalue weighted by atomic mass is 35.5. The number of oxazole rings is 1. The lowest BCUT2D eigenvalue weighted by Gasteiger charge is -1.94. The van der Waals surface area contributed by atoms with Crippen LogP contribution in [-0.4, -0.2) is 10.9 Å². The molecule has 2 aromatic rings. The summed E-state index contributed by atoms with van der Waals surface area (Å²) in [7, 11) is 0. The number of aromatic nitrogens is 1. The average Bonchev–Trinajstić information content (AvgIpc) is 2.43. The molecule has 0 saturated carbocycles. The fraction of sp³-hybridized carbons (Fsp3) is 0.111. The van der Waals surface area contributed by atoms with Crippen molar-refractivity contribution < 1.29 is 9.21 Å². The molecule has 0 saturated heterocycles. The number of fused-ring (bicyclic) bond motifs is 1. The molecular weight excluding hydrogens is 206 g/mol. The molecule has 14 heavy (non-hydrogen) atoms. The fourth-order valence-corrected chi connectivity index (χ4v) is 1.45. The van der Waals surface area contributed by atoms with Crippen LogP contribution in [0.2, 0.25) is 5.02 Å². The van der Waals surface area contributed by atoms with Gasteiger partial charge in [0.25, 0.3) is 0 Å². The first kappa shape index (κ1) is 9.02. The smallest absolute Gasteiger partial charge is 0.408 e. The Morgan fingerprint density at radius 1 is 1.50 bits per heavy atom. The first-order valence-corrected chi connectivity index (χ1v) is 4.32. The van der Waals surface area contributed by atoms with Gasteiger partial charge in [0, 0.05) is 11.1 Å². The predicted molar refractivity (Wildman–Crippen MR) is 51.5 cm³/mol. The Kier molecular flexibility index (Phi) is 2.13. The summed E-state index contributed by atoms with van der Waals surface area (Å²) in [5, 5.41) is 0.490.